The topological polar surface area (TPSA) is 67.4 Å². The van der Waals surface area contributed by atoms with Gasteiger partial charge in [0.15, 0.2) is 0 Å². The van der Waals surface area contributed by atoms with E-state index in [2.05, 4.69) is 16.6 Å². The Morgan fingerprint density at radius 1 is 1.72 bits per heavy atom. The molecule has 1 heterocycles. The molecule has 1 saturated heterocycles. The van der Waals surface area contributed by atoms with E-state index in [0.717, 1.165) is 19.3 Å². The Hall–Kier alpha value is -1.70. The fourth-order valence-corrected chi connectivity index (χ4v) is 1.82. The van der Waals surface area contributed by atoms with E-state index in [1.165, 1.54) is 0 Å². The molecule has 5 nitrogen and oxygen atoms in total. The van der Waals surface area contributed by atoms with Gasteiger partial charge in [-0.2, -0.15) is 0 Å². The number of hydrogen-bond acceptors (Lipinski definition) is 3. The summed E-state index contributed by atoms with van der Waals surface area (Å²) < 4.78 is 4.96. The highest BCUT2D eigenvalue weighted by atomic mass is 16.5. The minimum Gasteiger partial charge on any atom is -0.450 e. The average molecular weight is 252 g/mol. The number of hydrogen-bond donors (Lipinski definition) is 2. The van der Waals surface area contributed by atoms with Crippen molar-refractivity contribution < 1.29 is 14.3 Å². The van der Waals surface area contributed by atoms with Crippen molar-refractivity contribution >= 4 is 12.0 Å². The average Bonchev–Trinajstić information content (AvgIpc) is 2.74. The van der Waals surface area contributed by atoms with Crippen molar-refractivity contribution in [3.8, 4) is 12.3 Å². The van der Waals surface area contributed by atoms with Crippen LogP contribution in [0.25, 0.3) is 0 Å². The van der Waals surface area contributed by atoms with Crippen molar-refractivity contribution in [2.24, 2.45) is 5.92 Å². The number of unbranched alkanes of at least 4 members (excludes halogenated alkanes) is 1. The molecule has 1 aliphatic rings. The molecular formula is C13H20N2O3. The molecule has 5 heteroatoms. The standard InChI is InChI=1S/C13H20N2O3/c1-3-5-8-18-13(17)15-11(4-2)9-10-6-7-14-12(10)16/h2,10-11H,3,5-9H2,1H3,(H,14,16)(H,15,17)/t10-,11+/m0/s1. The first kappa shape index (κ1) is 14.4. The second-order valence-electron chi connectivity index (χ2n) is 4.37. The third-order valence-corrected chi connectivity index (χ3v) is 2.91. The van der Waals surface area contributed by atoms with E-state index in [1.807, 2.05) is 6.92 Å². The van der Waals surface area contributed by atoms with Gasteiger partial charge in [0.05, 0.1) is 12.6 Å². The van der Waals surface area contributed by atoms with Gasteiger partial charge in [-0.15, -0.1) is 6.42 Å². The zero-order valence-corrected chi connectivity index (χ0v) is 10.7. The molecule has 1 aliphatic heterocycles. The Kier molecular flexibility index (Phi) is 6.06. The first-order valence-electron chi connectivity index (χ1n) is 6.34. The fourth-order valence-electron chi connectivity index (χ4n) is 1.82. The number of amides is 2. The van der Waals surface area contributed by atoms with Crippen LogP contribution in [0.2, 0.25) is 0 Å². The highest BCUT2D eigenvalue weighted by Crippen LogP contribution is 2.15. The Balaban J connectivity index is 2.31. The maximum absolute atomic E-state index is 11.4. The van der Waals surface area contributed by atoms with Gasteiger partial charge in [-0.25, -0.2) is 4.79 Å². The predicted octanol–water partition coefficient (Wildman–Crippen LogP) is 1.04. The highest BCUT2D eigenvalue weighted by Gasteiger charge is 2.27. The van der Waals surface area contributed by atoms with Crippen LogP contribution in [-0.4, -0.2) is 31.2 Å². The minimum atomic E-state index is -0.509. The fraction of sp³-hybridized carbons (Fsp3) is 0.692. The predicted molar refractivity (Wildman–Crippen MR) is 67.7 cm³/mol. The zero-order chi connectivity index (χ0) is 13.4. The van der Waals surface area contributed by atoms with Gasteiger partial charge in [0.25, 0.3) is 0 Å². The Morgan fingerprint density at radius 2 is 2.50 bits per heavy atom. The molecule has 1 fully saturated rings. The lowest BCUT2D eigenvalue weighted by Crippen LogP contribution is -2.37. The molecule has 0 spiro atoms. The maximum Gasteiger partial charge on any atom is 0.408 e. The summed E-state index contributed by atoms with van der Waals surface area (Å²) in [7, 11) is 0. The third kappa shape index (κ3) is 4.66. The summed E-state index contributed by atoms with van der Waals surface area (Å²) in [6.07, 6.45) is 7.87. The number of terminal acetylenes is 1. The lowest BCUT2D eigenvalue weighted by Gasteiger charge is -2.15. The SMILES string of the molecule is C#C[C@H](C[C@@H]1CCNC1=O)NC(=O)OCCCC. The number of carbonyl (C=O) groups excluding carboxylic acids is 2. The largest absolute Gasteiger partial charge is 0.450 e. The van der Waals surface area contributed by atoms with Crippen molar-refractivity contribution in [1.82, 2.24) is 10.6 Å². The van der Waals surface area contributed by atoms with Gasteiger partial charge in [-0.3, -0.25) is 4.79 Å². The molecule has 0 bridgehead atoms. The summed E-state index contributed by atoms with van der Waals surface area (Å²) in [6, 6.07) is -0.451. The van der Waals surface area contributed by atoms with E-state index in [9.17, 15) is 9.59 Å². The molecule has 2 N–H and O–H groups in total. The molecule has 0 aromatic heterocycles. The van der Waals surface area contributed by atoms with E-state index in [1.54, 1.807) is 0 Å². The van der Waals surface area contributed by atoms with Crippen molar-refractivity contribution in [2.75, 3.05) is 13.2 Å². The molecule has 0 saturated carbocycles. The van der Waals surface area contributed by atoms with Crippen LogP contribution in [0.5, 0.6) is 0 Å². The van der Waals surface area contributed by atoms with Gasteiger partial charge in [-0.1, -0.05) is 19.3 Å². The number of rotatable bonds is 6. The highest BCUT2D eigenvalue weighted by molar-refractivity contribution is 5.80. The van der Waals surface area contributed by atoms with Crippen LogP contribution in [0, 0.1) is 18.3 Å². The Bertz CT molecular complexity index is 336. The van der Waals surface area contributed by atoms with Crippen LogP contribution in [0.4, 0.5) is 4.79 Å². The number of nitrogens with one attached hydrogen (secondary N) is 2. The zero-order valence-electron chi connectivity index (χ0n) is 10.7. The Morgan fingerprint density at radius 3 is 3.06 bits per heavy atom. The van der Waals surface area contributed by atoms with Crippen LogP contribution in [-0.2, 0) is 9.53 Å². The van der Waals surface area contributed by atoms with Crippen LogP contribution < -0.4 is 10.6 Å². The van der Waals surface area contributed by atoms with E-state index in [4.69, 9.17) is 11.2 Å². The maximum atomic E-state index is 11.4. The normalized spacial score (nSPS) is 19.8. The lowest BCUT2D eigenvalue weighted by atomic mass is 9.99. The summed E-state index contributed by atoms with van der Waals surface area (Å²) in [5, 5.41) is 5.34. The second kappa shape index (κ2) is 7.59. The summed E-state index contributed by atoms with van der Waals surface area (Å²) >= 11 is 0. The monoisotopic (exact) mass is 252 g/mol. The molecule has 1 rings (SSSR count). The van der Waals surface area contributed by atoms with Crippen LogP contribution in [0.3, 0.4) is 0 Å². The van der Waals surface area contributed by atoms with Gasteiger partial charge in [0, 0.05) is 12.5 Å². The van der Waals surface area contributed by atoms with E-state index in [-0.39, 0.29) is 11.8 Å². The molecule has 2 amide bonds. The molecule has 2 atom stereocenters. The van der Waals surface area contributed by atoms with E-state index < -0.39 is 12.1 Å². The Labute approximate surface area is 108 Å². The molecule has 100 valence electrons. The molecule has 0 aliphatic carbocycles. The number of ether oxygens (including phenoxy) is 1. The summed E-state index contributed by atoms with van der Waals surface area (Å²) in [5.41, 5.74) is 0. The van der Waals surface area contributed by atoms with Crippen LogP contribution in [0.15, 0.2) is 0 Å². The smallest absolute Gasteiger partial charge is 0.408 e. The van der Waals surface area contributed by atoms with Crippen molar-refractivity contribution in [1.29, 1.82) is 0 Å². The van der Waals surface area contributed by atoms with E-state index >= 15 is 0 Å². The minimum absolute atomic E-state index is 0.0106. The number of carbonyl (C=O) groups is 2. The van der Waals surface area contributed by atoms with Gasteiger partial charge in [0.1, 0.15) is 0 Å². The first-order valence-corrected chi connectivity index (χ1v) is 6.34. The summed E-state index contributed by atoms with van der Waals surface area (Å²) in [6.45, 7) is 3.09. The van der Waals surface area contributed by atoms with Crippen molar-refractivity contribution in [3.63, 3.8) is 0 Å². The molecule has 18 heavy (non-hydrogen) atoms. The molecule has 0 aromatic rings. The summed E-state index contributed by atoms with van der Waals surface area (Å²) in [4.78, 5) is 22.8. The van der Waals surface area contributed by atoms with Crippen LogP contribution >= 0.6 is 0 Å². The number of alkyl carbamates (subject to hydrolysis) is 1. The van der Waals surface area contributed by atoms with Crippen molar-refractivity contribution in [3.05, 3.63) is 0 Å². The van der Waals surface area contributed by atoms with Gasteiger partial charge >= 0.3 is 6.09 Å². The van der Waals surface area contributed by atoms with Gasteiger partial charge in [0.2, 0.25) is 5.91 Å². The quantitative estimate of drug-likeness (QED) is 0.548. The summed E-state index contributed by atoms with van der Waals surface area (Å²) in [5.74, 6) is 2.38. The van der Waals surface area contributed by atoms with Gasteiger partial charge < -0.3 is 15.4 Å². The molecular weight excluding hydrogens is 232 g/mol. The van der Waals surface area contributed by atoms with E-state index in [0.29, 0.717) is 19.6 Å². The second-order valence-corrected chi connectivity index (χ2v) is 4.37. The molecule has 0 unspecified atom stereocenters. The lowest BCUT2D eigenvalue weighted by molar-refractivity contribution is -0.122. The van der Waals surface area contributed by atoms with Crippen molar-refractivity contribution in [2.45, 2.75) is 38.6 Å². The first-order chi connectivity index (χ1) is 8.67. The molecule has 0 radical (unpaired) electrons. The molecule has 0 aromatic carbocycles. The van der Waals surface area contributed by atoms with Crippen LogP contribution in [0.1, 0.15) is 32.6 Å². The third-order valence-electron chi connectivity index (χ3n) is 2.91. The van der Waals surface area contributed by atoms with Gasteiger partial charge in [-0.05, 0) is 19.3 Å².